The van der Waals surface area contributed by atoms with E-state index in [4.69, 9.17) is 9.26 Å². The number of methoxy groups -OCH3 is 1. The summed E-state index contributed by atoms with van der Waals surface area (Å²) >= 11 is 0. The van der Waals surface area contributed by atoms with Crippen LogP contribution in [0.4, 0.5) is 5.95 Å². The number of carbonyl (C=O) groups excluding carboxylic acids is 1. The normalized spacial score (nSPS) is 10.8. The van der Waals surface area contributed by atoms with E-state index in [1.807, 2.05) is 42.5 Å². The highest BCUT2D eigenvalue weighted by atomic mass is 16.5. The van der Waals surface area contributed by atoms with Gasteiger partial charge in [-0.05, 0) is 15.9 Å². The van der Waals surface area contributed by atoms with Crippen molar-refractivity contribution in [2.45, 2.75) is 0 Å². The predicted octanol–water partition coefficient (Wildman–Crippen LogP) is 2.87. The van der Waals surface area contributed by atoms with Gasteiger partial charge in [-0.25, -0.2) is 0 Å². The largest absolute Gasteiger partial charge is 0.479 e. The fourth-order valence-electron chi connectivity index (χ4n) is 2.50. The zero-order chi connectivity index (χ0) is 17.2. The van der Waals surface area contributed by atoms with Crippen molar-refractivity contribution < 1.29 is 14.1 Å². The quantitative estimate of drug-likeness (QED) is 0.594. The SMILES string of the molecule is COc1cc(C(=O)Nc2n[nH]c(-c3cccc4ccccc34)n2)on1. The van der Waals surface area contributed by atoms with E-state index < -0.39 is 5.91 Å². The van der Waals surface area contributed by atoms with E-state index in [-0.39, 0.29) is 17.6 Å². The number of ether oxygens (including phenoxy) is 1. The van der Waals surface area contributed by atoms with Crippen molar-refractivity contribution in [3.05, 3.63) is 54.3 Å². The molecule has 25 heavy (non-hydrogen) atoms. The second-order valence-electron chi connectivity index (χ2n) is 5.22. The van der Waals surface area contributed by atoms with Gasteiger partial charge in [0.2, 0.25) is 11.7 Å². The number of carbonyl (C=O) groups is 1. The van der Waals surface area contributed by atoms with Crippen LogP contribution in [0.2, 0.25) is 0 Å². The number of aromatic nitrogens is 4. The van der Waals surface area contributed by atoms with Crippen LogP contribution in [0, 0.1) is 0 Å². The third-order valence-corrected chi connectivity index (χ3v) is 3.68. The van der Waals surface area contributed by atoms with Crippen molar-refractivity contribution in [2.75, 3.05) is 12.4 Å². The summed E-state index contributed by atoms with van der Waals surface area (Å²) in [6.45, 7) is 0. The average molecular weight is 335 g/mol. The molecule has 4 aromatic rings. The van der Waals surface area contributed by atoms with E-state index in [2.05, 4.69) is 25.7 Å². The summed E-state index contributed by atoms with van der Waals surface area (Å²) in [5.74, 6) is 0.412. The molecule has 4 rings (SSSR count). The number of amides is 1. The van der Waals surface area contributed by atoms with Crippen LogP contribution in [0.25, 0.3) is 22.2 Å². The predicted molar refractivity (Wildman–Crippen MR) is 90.3 cm³/mol. The molecule has 2 aromatic heterocycles. The smallest absolute Gasteiger partial charge is 0.296 e. The van der Waals surface area contributed by atoms with Crippen LogP contribution in [0.3, 0.4) is 0 Å². The van der Waals surface area contributed by atoms with Crippen molar-refractivity contribution in [1.82, 2.24) is 20.3 Å². The fourth-order valence-corrected chi connectivity index (χ4v) is 2.50. The molecule has 2 aromatic carbocycles. The lowest BCUT2D eigenvalue weighted by molar-refractivity contribution is 0.0986. The Balaban J connectivity index is 1.60. The third-order valence-electron chi connectivity index (χ3n) is 3.68. The van der Waals surface area contributed by atoms with Crippen LogP contribution >= 0.6 is 0 Å². The minimum atomic E-state index is -0.515. The first-order valence-electron chi connectivity index (χ1n) is 7.47. The Morgan fingerprint density at radius 3 is 2.88 bits per heavy atom. The molecule has 124 valence electrons. The van der Waals surface area contributed by atoms with Crippen LogP contribution in [-0.4, -0.2) is 33.4 Å². The van der Waals surface area contributed by atoms with Crippen molar-refractivity contribution in [3.8, 4) is 17.3 Å². The molecule has 0 unspecified atom stereocenters. The Labute approximate surface area is 141 Å². The van der Waals surface area contributed by atoms with Gasteiger partial charge in [-0.1, -0.05) is 42.5 Å². The first-order valence-corrected chi connectivity index (χ1v) is 7.47. The summed E-state index contributed by atoms with van der Waals surface area (Å²) in [6, 6.07) is 15.3. The zero-order valence-electron chi connectivity index (χ0n) is 13.2. The van der Waals surface area contributed by atoms with E-state index in [1.165, 1.54) is 13.2 Å². The lowest BCUT2D eigenvalue weighted by atomic mass is 10.0. The molecule has 0 saturated heterocycles. The summed E-state index contributed by atoms with van der Waals surface area (Å²) < 4.78 is 9.76. The van der Waals surface area contributed by atoms with Gasteiger partial charge in [0.25, 0.3) is 11.8 Å². The molecule has 0 atom stereocenters. The van der Waals surface area contributed by atoms with Gasteiger partial charge in [0.1, 0.15) is 0 Å². The van der Waals surface area contributed by atoms with E-state index in [0.717, 1.165) is 16.3 Å². The molecule has 0 aliphatic carbocycles. The Hall–Kier alpha value is -3.68. The van der Waals surface area contributed by atoms with Gasteiger partial charge >= 0.3 is 0 Å². The maximum absolute atomic E-state index is 12.1. The van der Waals surface area contributed by atoms with E-state index >= 15 is 0 Å². The molecule has 0 fully saturated rings. The topological polar surface area (TPSA) is 106 Å². The van der Waals surface area contributed by atoms with Crippen LogP contribution in [0.15, 0.2) is 53.1 Å². The molecule has 0 bridgehead atoms. The number of rotatable bonds is 4. The molecule has 0 saturated carbocycles. The monoisotopic (exact) mass is 335 g/mol. The van der Waals surface area contributed by atoms with Crippen LogP contribution in [0.5, 0.6) is 5.88 Å². The third kappa shape index (κ3) is 2.80. The standard InChI is InChI=1S/C17H13N5O3/c1-24-14-9-13(25-22-14)16(23)19-17-18-15(20-21-17)12-8-4-6-10-5-2-3-7-11(10)12/h2-9H,1H3,(H2,18,19,20,21,23). The first-order chi connectivity index (χ1) is 12.2. The molecule has 2 N–H and O–H groups in total. The summed E-state index contributed by atoms with van der Waals surface area (Å²) in [5, 5.41) is 15.1. The number of nitrogens with zero attached hydrogens (tertiary/aromatic N) is 3. The number of fused-ring (bicyclic) bond motifs is 1. The highest BCUT2D eigenvalue weighted by Crippen LogP contribution is 2.26. The first kappa shape index (κ1) is 14.9. The van der Waals surface area contributed by atoms with Crippen molar-refractivity contribution in [1.29, 1.82) is 0 Å². The summed E-state index contributed by atoms with van der Waals surface area (Å²) in [5.41, 5.74) is 0.896. The van der Waals surface area contributed by atoms with E-state index in [1.54, 1.807) is 0 Å². The summed E-state index contributed by atoms with van der Waals surface area (Å²) in [4.78, 5) is 16.4. The maximum atomic E-state index is 12.1. The number of benzene rings is 2. The number of aromatic amines is 1. The van der Waals surface area contributed by atoms with Gasteiger partial charge in [0.15, 0.2) is 5.82 Å². The second kappa shape index (κ2) is 6.08. The van der Waals surface area contributed by atoms with E-state index in [0.29, 0.717) is 5.82 Å². The Bertz CT molecular complexity index is 1050. The number of anilines is 1. The molecule has 8 nitrogen and oxygen atoms in total. The van der Waals surface area contributed by atoms with Crippen molar-refractivity contribution in [3.63, 3.8) is 0 Å². The van der Waals surface area contributed by atoms with Crippen LogP contribution in [0.1, 0.15) is 10.6 Å². The van der Waals surface area contributed by atoms with Gasteiger partial charge in [0, 0.05) is 5.56 Å². The second-order valence-corrected chi connectivity index (χ2v) is 5.22. The lowest BCUT2D eigenvalue weighted by Crippen LogP contribution is -2.12. The summed E-state index contributed by atoms with van der Waals surface area (Å²) in [6.07, 6.45) is 0. The number of nitrogens with one attached hydrogen (secondary N) is 2. The van der Waals surface area contributed by atoms with Gasteiger partial charge in [-0.15, -0.1) is 5.10 Å². The maximum Gasteiger partial charge on any atom is 0.296 e. The Morgan fingerprint density at radius 1 is 1.20 bits per heavy atom. The van der Waals surface area contributed by atoms with Crippen molar-refractivity contribution >= 4 is 22.6 Å². The molecule has 0 aliphatic rings. The minimum absolute atomic E-state index is 0.00774. The molecular formula is C17H13N5O3. The number of hydrogen-bond acceptors (Lipinski definition) is 6. The lowest BCUT2D eigenvalue weighted by Gasteiger charge is -2.02. The van der Waals surface area contributed by atoms with Crippen molar-refractivity contribution in [2.24, 2.45) is 0 Å². The highest BCUT2D eigenvalue weighted by molar-refractivity contribution is 6.01. The Kier molecular flexibility index (Phi) is 3.62. The van der Waals surface area contributed by atoms with Crippen LogP contribution in [-0.2, 0) is 0 Å². The Morgan fingerprint density at radius 2 is 2.04 bits per heavy atom. The summed E-state index contributed by atoms with van der Waals surface area (Å²) in [7, 11) is 1.44. The van der Waals surface area contributed by atoms with Gasteiger partial charge < -0.3 is 9.26 Å². The minimum Gasteiger partial charge on any atom is -0.479 e. The molecule has 2 heterocycles. The van der Waals surface area contributed by atoms with E-state index in [9.17, 15) is 4.79 Å². The fraction of sp³-hybridized carbons (Fsp3) is 0.0588. The molecule has 0 spiro atoms. The van der Waals surface area contributed by atoms with Gasteiger partial charge in [-0.3, -0.25) is 15.2 Å². The molecule has 1 amide bonds. The van der Waals surface area contributed by atoms with Gasteiger partial charge in [0.05, 0.1) is 13.2 Å². The molecule has 0 aliphatic heterocycles. The highest BCUT2D eigenvalue weighted by Gasteiger charge is 2.16. The van der Waals surface area contributed by atoms with Crippen LogP contribution < -0.4 is 10.1 Å². The molecule has 8 heteroatoms. The molecular weight excluding hydrogens is 322 g/mol. The number of hydrogen-bond donors (Lipinski definition) is 2. The average Bonchev–Trinajstić information content (AvgIpc) is 3.30. The van der Waals surface area contributed by atoms with Gasteiger partial charge in [-0.2, -0.15) is 4.98 Å². The molecule has 0 radical (unpaired) electrons. The zero-order valence-corrected chi connectivity index (χ0v) is 13.2. The number of H-pyrrole nitrogens is 1.